The van der Waals surface area contributed by atoms with Gasteiger partial charge in [-0.3, -0.25) is 14.0 Å². The highest BCUT2D eigenvalue weighted by molar-refractivity contribution is 7.12. The Morgan fingerprint density at radius 3 is 2.85 bits per heavy atom. The Morgan fingerprint density at radius 1 is 1.33 bits per heavy atom. The van der Waals surface area contributed by atoms with Crippen LogP contribution in [-0.2, 0) is 0 Å². The quantitative estimate of drug-likeness (QED) is 0.447. The monoisotopic (exact) mass is 487 g/mol. The molecule has 2 fully saturated rings. The van der Waals surface area contributed by atoms with Gasteiger partial charge in [-0.1, -0.05) is 0 Å². The van der Waals surface area contributed by atoms with Crippen LogP contribution in [0.4, 0.5) is 10.1 Å². The van der Waals surface area contributed by atoms with Crippen molar-refractivity contribution in [2.75, 3.05) is 25.1 Å². The van der Waals surface area contributed by atoms with Gasteiger partial charge in [0, 0.05) is 30.7 Å². The second-order valence-electron chi connectivity index (χ2n) is 8.67. The van der Waals surface area contributed by atoms with Crippen LogP contribution in [0.25, 0.3) is 21.1 Å². The van der Waals surface area contributed by atoms with Crippen LogP contribution in [0, 0.1) is 11.7 Å². The zero-order valence-corrected chi connectivity index (χ0v) is 19.5. The third-order valence-corrected chi connectivity index (χ3v) is 8.46. The Bertz CT molecular complexity index is 1490. The van der Waals surface area contributed by atoms with Crippen molar-refractivity contribution in [3.8, 4) is 5.75 Å². The number of nitrogens with two attached hydrogens (primary N) is 1. The first-order chi connectivity index (χ1) is 16.0. The largest absolute Gasteiger partial charge is 0.492 e. The molecule has 33 heavy (non-hydrogen) atoms. The van der Waals surface area contributed by atoms with E-state index in [1.165, 1.54) is 24.5 Å². The number of pyridine rings is 1. The third kappa shape index (κ3) is 3.13. The molecule has 2 atom stereocenters. The molecule has 3 aromatic heterocycles. The summed E-state index contributed by atoms with van der Waals surface area (Å²) < 4.78 is 26.0. The predicted octanol–water partition coefficient (Wildman–Crippen LogP) is 3.37. The van der Waals surface area contributed by atoms with E-state index in [0.29, 0.717) is 34.9 Å². The molecule has 1 aliphatic carbocycles. The standard InChI is InChI=1S/C22H22FN5O3S2/c1-31-19-16-12(18(29)14-20(30)26-33-22(14)28(16)11-2-3-11)8-13(23)17(19)27-6-4-10(9-27)15(24)21-25-5-7-32-21/h5,7-8,10-11,15H,2-4,6,9,24H2,1H3,(H,26,30)/t10-,15?/m1/s1. The molecule has 1 unspecified atom stereocenters. The molecular formula is C22H22FN5O3S2. The molecule has 1 aromatic carbocycles. The highest BCUT2D eigenvalue weighted by atomic mass is 32.1. The number of hydrogen-bond acceptors (Lipinski definition) is 8. The van der Waals surface area contributed by atoms with E-state index in [1.54, 1.807) is 6.20 Å². The Balaban J connectivity index is 1.53. The molecule has 0 bridgehead atoms. The lowest BCUT2D eigenvalue weighted by Crippen LogP contribution is -2.27. The molecule has 0 radical (unpaired) electrons. The molecule has 6 rings (SSSR count). The van der Waals surface area contributed by atoms with E-state index < -0.39 is 16.8 Å². The average molecular weight is 488 g/mol. The lowest BCUT2D eigenvalue weighted by Gasteiger charge is -2.25. The molecule has 4 heterocycles. The maximum Gasteiger partial charge on any atom is 0.271 e. The number of benzene rings is 1. The minimum absolute atomic E-state index is 0.0873. The molecule has 172 valence electrons. The Labute approximate surface area is 195 Å². The topological polar surface area (TPSA) is 106 Å². The van der Waals surface area contributed by atoms with Gasteiger partial charge in [0.1, 0.15) is 20.9 Å². The van der Waals surface area contributed by atoms with Crippen molar-refractivity contribution < 1.29 is 9.13 Å². The zero-order valence-electron chi connectivity index (χ0n) is 17.8. The van der Waals surface area contributed by atoms with Crippen LogP contribution in [0.3, 0.4) is 0 Å². The molecule has 1 aliphatic heterocycles. The minimum atomic E-state index is -0.534. The normalized spacial score (nSPS) is 19.6. The van der Waals surface area contributed by atoms with Gasteiger partial charge in [0.15, 0.2) is 11.6 Å². The van der Waals surface area contributed by atoms with Gasteiger partial charge in [-0.05, 0) is 42.8 Å². The van der Waals surface area contributed by atoms with Crippen LogP contribution in [0.2, 0.25) is 0 Å². The van der Waals surface area contributed by atoms with Gasteiger partial charge >= 0.3 is 0 Å². The van der Waals surface area contributed by atoms with E-state index >= 15 is 4.39 Å². The average Bonchev–Trinajstić information content (AvgIpc) is 3.20. The van der Waals surface area contributed by atoms with Crippen molar-refractivity contribution in [1.29, 1.82) is 0 Å². The second-order valence-corrected chi connectivity index (χ2v) is 10.4. The first kappa shape index (κ1) is 20.8. The molecule has 0 spiro atoms. The Morgan fingerprint density at radius 2 is 2.15 bits per heavy atom. The minimum Gasteiger partial charge on any atom is -0.492 e. The zero-order chi connectivity index (χ0) is 22.9. The smallest absolute Gasteiger partial charge is 0.271 e. The lowest BCUT2D eigenvalue weighted by molar-refractivity contribution is 0.413. The number of halogens is 1. The van der Waals surface area contributed by atoms with Crippen molar-refractivity contribution in [3.05, 3.63) is 49.0 Å². The summed E-state index contributed by atoms with van der Waals surface area (Å²) in [5, 5.41) is 3.04. The number of anilines is 1. The number of H-pyrrole nitrogens is 1. The maximum atomic E-state index is 15.6. The Kier molecular flexibility index (Phi) is 4.82. The van der Waals surface area contributed by atoms with Crippen LogP contribution >= 0.6 is 22.9 Å². The first-order valence-corrected chi connectivity index (χ1v) is 12.5. The lowest BCUT2D eigenvalue weighted by atomic mass is 10.0. The summed E-state index contributed by atoms with van der Waals surface area (Å²) in [6.07, 6.45) is 4.41. The molecule has 0 amide bonds. The maximum absolute atomic E-state index is 15.6. The molecule has 8 nitrogen and oxygen atoms in total. The number of hydrogen-bond donors (Lipinski definition) is 2. The molecule has 3 N–H and O–H groups in total. The second kappa shape index (κ2) is 7.64. The van der Waals surface area contributed by atoms with Crippen LogP contribution in [0.15, 0.2) is 27.2 Å². The summed E-state index contributed by atoms with van der Waals surface area (Å²) >= 11 is 2.67. The fourth-order valence-electron chi connectivity index (χ4n) is 4.97. The van der Waals surface area contributed by atoms with Crippen LogP contribution in [-0.4, -0.2) is 34.1 Å². The number of nitrogens with zero attached hydrogens (tertiary/aromatic N) is 3. The summed E-state index contributed by atoms with van der Waals surface area (Å²) in [7, 11) is 1.50. The van der Waals surface area contributed by atoms with Gasteiger partial charge in [-0.15, -0.1) is 11.3 Å². The van der Waals surface area contributed by atoms with E-state index in [-0.39, 0.29) is 28.8 Å². The summed E-state index contributed by atoms with van der Waals surface area (Å²) in [5.74, 6) is -0.0764. The summed E-state index contributed by atoms with van der Waals surface area (Å²) in [4.78, 5) is 32.4. The van der Waals surface area contributed by atoms with E-state index in [1.807, 2.05) is 14.8 Å². The highest BCUT2D eigenvalue weighted by Gasteiger charge is 2.36. The van der Waals surface area contributed by atoms with Crippen molar-refractivity contribution in [2.45, 2.75) is 31.3 Å². The number of thiazole rings is 1. The van der Waals surface area contributed by atoms with E-state index in [4.69, 9.17) is 10.5 Å². The van der Waals surface area contributed by atoms with E-state index in [2.05, 4.69) is 9.36 Å². The molecule has 1 saturated carbocycles. The number of aromatic amines is 1. The van der Waals surface area contributed by atoms with Crippen LogP contribution in [0.1, 0.15) is 36.4 Å². The van der Waals surface area contributed by atoms with Gasteiger partial charge in [0.2, 0.25) is 5.43 Å². The van der Waals surface area contributed by atoms with Crippen molar-refractivity contribution in [2.24, 2.45) is 11.7 Å². The number of nitrogens with one attached hydrogen (secondary N) is 1. The number of methoxy groups -OCH3 is 1. The van der Waals surface area contributed by atoms with E-state index in [9.17, 15) is 9.59 Å². The summed E-state index contributed by atoms with van der Waals surface area (Å²) in [5.41, 5.74) is 6.46. The summed E-state index contributed by atoms with van der Waals surface area (Å²) in [6.45, 7) is 1.18. The van der Waals surface area contributed by atoms with Crippen molar-refractivity contribution in [1.82, 2.24) is 13.9 Å². The number of aromatic nitrogens is 3. The van der Waals surface area contributed by atoms with Crippen LogP contribution < -0.4 is 26.4 Å². The van der Waals surface area contributed by atoms with Crippen LogP contribution in [0.5, 0.6) is 5.75 Å². The molecule has 11 heteroatoms. The van der Waals surface area contributed by atoms with Crippen molar-refractivity contribution >= 4 is 49.7 Å². The number of rotatable bonds is 5. The number of ether oxygens (including phenoxy) is 1. The van der Waals surface area contributed by atoms with Gasteiger partial charge in [0.25, 0.3) is 5.56 Å². The first-order valence-electron chi connectivity index (χ1n) is 10.8. The Hall–Kier alpha value is -2.76. The predicted molar refractivity (Wildman–Crippen MR) is 128 cm³/mol. The SMILES string of the molecule is COc1c(N2CC[C@@H](C(N)c3nccs3)C2)c(F)cc2c(=O)c3c(=O)[nH]sc3n(C3CC3)c12. The van der Waals surface area contributed by atoms with E-state index in [0.717, 1.165) is 35.8 Å². The van der Waals surface area contributed by atoms with Gasteiger partial charge in [-0.2, -0.15) is 0 Å². The fourth-order valence-corrected chi connectivity index (χ4v) is 6.62. The van der Waals surface area contributed by atoms with Gasteiger partial charge < -0.3 is 19.9 Å². The number of fused-ring (bicyclic) bond motifs is 2. The molecule has 2 aliphatic rings. The molecular weight excluding hydrogens is 465 g/mol. The third-order valence-electron chi connectivity index (χ3n) is 6.70. The summed E-state index contributed by atoms with van der Waals surface area (Å²) in [6, 6.07) is 1.20. The van der Waals surface area contributed by atoms with Gasteiger partial charge in [-0.25, -0.2) is 9.37 Å². The van der Waals surface area contributed by atoms with Gasteiger partial charge in [0.05, 0.1) is 24.1 Å². The fraction of sp³-hybridized carbons (Fsp3) is 0.409. The molecule has 1 saturated heterocycles. The van der Waals surface area contributed by atoms with Crippen molar-refractivity contribution in [3.63, 3.8) is 0 Å². The highest BCUT2D eigenvalue weighted by Crippen LogP contribution is 2.46. The molecule has 4 aromatic rings.